The molecule has 0 bridgehead atoms. The highest BCUT2D eigenvalue weighted by atomic mass is 16.7. The average Bonchev–Trinajstić information content (AvgIpc) is 2.67. The minimum atomic E-state index is -0.429. The number of nitrogens with zero attached hydrogens (tertiary/aromatic N) is 1. The van der Waals surface area contributed by atoms with E-state index in [0.29, 0.717) is 16.9 Å². The van der Waals surface area contributed by atoms with Gasteiger partial charge in [-0.2, -0.15) is 0 Å². The van der Waals surface area contributed by atoms with Crippen LogP contribution in [0.3, 0.4) is 0 Å². The van der Waals surface area contributed by atoms with E-state index in [1.165, 1.54) is 0 Å². The number of benzene rings is 2. The second-order valence-electron chi connectivity index (χ2n) is 4.35. The van der Waals surface area contributed by atoms with Crippen molar-refractivity contribution >= 4 is 11.8 Å². The molecule has 0 atom stereocenters. The van der Waals surface area contributed by atoms with Crippen molar-refractivity contribution < 1.29 is 14.4 Å². The second-order valence-corrected chi connectivity index (χ2v) is 4.35. The minimum absolute atomic E-state index is 0.375. The number of hydroxylamine groups is 2. The van der Waals surface area contributed by atoms with E-state index in [1.54, 1.807) is 36.4 Å². The molecule has 0 spiro atoms. The van der Waals surface area contributed by atoms with Crippen molar-refractivity contribution in [3.05, 3.63) is 65.2 Å². The Morgan fingerprint density at radius 2 is 1.37 bits per heavy atom. The van der Waals surface area contributed by atoms with Gasteiger partial charge in [0.25, 0.3) is 11.8 Å². The first-order chi connectivity index (χ1) is 9.16. The van der Waals surface area contributed by atoms with Gasteiger partial charge >= 0.3 is 0 Å². The van der Waals surface area contributed by atoms with Gasteiger partial charge in [0.15, 0.2) is 5.75 Å². The van der Waals surface area contributed by atoms with E-state index in [4.69, 9.17) is 4.84 Å². The summed E-state index contributed by atoms with van der Waals surface area (Å²) in [6.07, 6.45) is 0. The fourth-order valence-corrected chi connectivity index (χ4v) is 1.95. The van der Waals surface area contributed by atoms with Gasteiger partial charge in [0.05, 0.1) is 11.1 Å². The molecule has 3 rings (SSSR count). The molecular formula is C15H11NO3. The molecule has 0 unspecified atom stereocenters. The van der Waals surface area contributed by atoms with Crippen molar-refractivity contribution in [1.82, 2.24) is 5.06 Å². The summed E-state index contributed by atoms with van der Waals surface area (Å²) in [7, 11) is 0. The Hall–Kier alpha value is -2.62. The summed E-state index contributed by atoms with van der Waals surface area (Å²) < 4.78 is 0. The molecule has 1 aliphatic heterocycles. The molecule has 94 valence electrons. The molecule has 1 aliphatic rings. The van der Waals surface area contributed by atoms with E-state index in [9.17, 15) is 9.59 Å². The van der Waals surface area contributed by atoms with E-state index >= 15 is 0 Å². The highest BCUT2D eigenvalue weighted by Gasteiger charge is 2.37. The zero-order valence-electron chi connectivity index (χ0n) is 10.3. The van der Waals surface area contributed by atoms with Crippen LogP contribution in [0.25, 0.3) is 0 Å². The number of fused-ring (bicyclic) bond motifs is 1. The van der Waals surface area contributed by atoms with Gasteiger partial charge in [-0.05, 0) is 31.2 Å². The fraction of sp³-hybridized carbons (Fsp3) is 0.0667. The van der Waals surface area contributed by atoms with E-state index in [0.717, 1.165) is 10.6 Å². The molecule has 0 aliphatic carbocycles. The average molecular weight is 253 g/mol. The number of carbonyl (C=O) groups is 2. The molecule has 0 fully saturated rings. The predicted molar refractivity (Wildman–Crippen MR) is 68.7 cm³/mol. The lowest BCUT2D eigenvalue weighted by atomic mass is 10.1. The standard InChI is InChI=1S/C15H11NO3/c1-10-6-8-11(9-7-10)19-16-14(17)12-4-2-3-5-13(12)15(16)18/h2-9H,1H3. The number of rotatable bonds is 2. The predicted octanol–water partition coefficient (Wildman–Crippen LogP) is 2.59. The number of hydrogen-bond acceptors (Lipinski definition) is 3. The lowest BCUT2D eigenvalue weighted by Crippen LogP contribution is -2.33. The van der Waals surface area contributed by atoms with E-state index in [2.05, 4.69) is 0 Å². The van der Waals surface area contributed by atoms with Crippen LogP contribution in [0.15, 0.2) is 48.5 Å². The topological polar surface area (TPSA) is 46.6 Å². The Kier molecular flexibility index (Phi) is 2.56. The van der Waals surface area contributed by atoms with Gasteiger partial charge in [-0.3, -0.25) is 9.59 Å². The summed E-state index contributed by atoms with van der Waals surface area (Å²) in [6.45, 7) is 1.95. The maximum absolute atomic E-state index is 12.1. The maximum atomic E-state index is 12.1. The van der Waals surface area contributed by atoms with Crippen LogP contribution in [0.4, 0.5) is 0 Å². The quantitative estimate of drug-likeness (QED) is 0.773. The molecule has 2 aromatic rings. The maximum Gasteiger partial charge on any atom is 0.295 e. The number of aryl methyl sites for hydroxylation is 1. The molecule has 1 heterocycles. The molecule has 19 heavy (non-hydrogen) atoms. The Morgan fingerprint density at radius 1 is 0.842 bits per heavy atom. The lowest BCUT2D eigenvalue weighted by Gasteiger charge is -2.14. The first kappa shape index (κ1) is 11.5. The van der Waals surface area contributed by atoms with Crippen LogP contribution >= 0.6 is 0 Å². The molecule has 4 heteroatoms. The van der Waals surface area contributed by atoms with E-state index in [1.807, 2.05) is 19.1 Å². The molecule has 2 amide bonds. The molecular weight excluding hydrogens is 242 g/mol. The van der Waals surface area contributed by atoms with Gasteiger partial charge in [-0.15, -0.1) is 0 Å². The molecule has 2 aromatic carbocycles. The zero-order valence-corrected chi connectivity index (χ0v) is 10.3. The van der Waals surface area contributed by atoms with E-state index in [-0.39, 0.29) is 0 Å². The van der Waals surface area contributed by atoms with Crippen molar-refractivity contribution in [2.75, 3.05) is 0 Å². The molecule has 0 aromatic heterocycles. The van der Waals surface area contributed by atoms with Crippen LogP contribution < -0.4 is 4.84 Å². The van der Waals surface area contributed by atoms with Gasteiger partial charge in [-0.1, -0.05) is 34.9 Å². The number of hydrogen-bond donors (Lipinski definition) is 0. The summed E-state index contributed by atoms with van der Waals surface area (Å²) in [6, 6.07) is 13.8. The second kappa shape index (κ2) is 4.24. The summed E-state index contributed by atoms with van der Waals surface area (Å²) in [5, 5.41) is 0.801. The summed E-state index contributed by atoms with van der Waals surface area (Å²) in [5.74, 6) is -0.401. The first-order valence-corrected chi connectivity index (χ1v) is 5.89. The van der Waals surface area contributed by atoms with E-state index < -0.39 is 11.8 Å². The third-order valence-electron chi connectivity index (χ3n) is 2.97. The molecule has 0 saturated carbocycles. The van der Waals surface area contributed by atoms with Crippen LogP contribution in [-0.4, -0.2) is 16.9 Å². The lowest BCUT2D eigenvalue weighted by molar-refractivity contribution is -0.0141. The highest BCUT2D eigenvalue weighted by molar-refractivity contribution is 6.20. The fourth-order valence-electron chi connectivity index (χ4n) is 1.95. The van der Waals surface area contributed by atoms with Gasteiger partial charge in [0, 0.05) is 0 Å². The molecule has 0 radical (unpaired) electrons. The summed E-state index contributed by atoms with van der Waals surface area (Å²) >= 11 is 0. The zero-order chi connectivity index (χ0) is 13.4. The Labute approximate surface area is 110 Å². The Bertz CT molecular complexity index is 626. The smallest absolute Gasteiger partial charge is 0.295 e. The van der Waals surface area contributed by atoms with Crippen LogP contribution in [0.5, 0.6) is 5.75 Å². The van der Waals surface area contributed by atoms with Crippen LogP contribution in [0.1, 0.15) is 26.3 Å². The number of imide groups is 1. The molecule has 4 nitrogen and oxygen atoms in total. The highest BCUT2D eigenvalue weighted by Crippen LogP contribution is 2.24. The third kappa shape index (κ3) is 1.87. The van der Waals surface area contributed by atoms with Gasteiger partial charge in [0.1, 0.15) is 0 Å². The number of amides is 2. The Morgan fingerprint density at radius 3 is 1.89 bits per heavy atom. The first-order valence-electron chi connectivity index (χ1n) is 5.89. The third-order valence-corrected chi connectivity index (χ3v) is 2.97. The molecule has 0 N–H and O–H groups in total. The number of carbonyl (C=O) groups excluding carboxylic acids is 2. The van der Waals surface area contributed by atoms with Crippen molar-refractivity contribution in [3.63, 3.8) is 0 Å². The minimum Gasteiger partial charge on any atom is -0.368 e. The van der Waals surface area contributed by atoms with Crippen molar-refractivity contribution in [2.45, 2.75) is 6.92 Å². The Balaban J connectivity index is 1.90. The van der Waals surface area contributed by atoms with Crippen LogP contribution in [0.2, 0.25) is 0 Å². The largest absolute Gasteiger partial charge is 0.368 e. The summed E-state index contributed by atoms with van der Waals surface area (Å²) in [5.41, 5.74) is 1.83. The SMILES string of the molecule is Cc1ccc(ON2C(=O)c3ccccc3C2=O)cc1. The van der Waals surface area contributed by atoms with Crippen molar-refractivity contribution in [1.29, 1.82) is 0 Å². The van der Waals surface area contributed by atoms with Gasteiger partial charge in [0.2, 0.25) is 0 Å². The summed E-state index contributed by atoms with van der Waals surface area (Å²) in [4.78, 5) is 29.5. The van der Waals surface area contributed by atoms with Gasteiger partial charge < -0.3 is 4.84 Å². The van der Waals surface area contributed by atoms with Crippen LogP contribution in [0, 0.1) is 6.92 Å². The monoisotopic (exact) mass is 253 g/mol. The van der Waals surface area contributed by atoms with Gasteiger partial charge in [-0.25, -0.2) is 0 Å². The molecule has 0 saturated heterocycles. The van der Waals surface area contributed by atoms with Crippen molar-refractivity contribution in [2.24, 2.45) is 0 Å². The van der Waals surface area contributed by atoms with Crippen molar-refractivity contribution in [3.8, 4) is 5.75 Å². The van der Waals surface area contributed by atoms with Crippen LogP contribution in [-0.2, 0) is 0 Å². The normalized spacial score (nSPS) is 13.6.